The van der Waals surface area contributed by atoms with Gasteiger partial charge in [0.1, 0.15) is 0 Å². The largest absolute Gasteiger partial charge is 0.345 e. The van der Waals surface area contributed by atoms with Gasteiger partial charge >= 0.3 is 0 Å². The van der Waals surface area contributed by atoms with Crippen LogP contribution < -0.4 is 5.73 Å². The smallest absolute Gasteiger partial charge is 0.0480 e. The molecule has 2 heteroatoms. The third-order valence-electron chi connectivity index (χ3n) is 2.67. The summed E-state index contributed by atoms with van der Waals surface area (Å²) in [5.74, 6) is 0.592. The Hall–Kier alpha value is -0.760. The molecule has 1 unspecified atom stereocenters. The van der Waals surface area contributed by atoms with Gasteiger partial charge in [0.05, 0.1) is 0 Å². The van der Waals surface area contributed by atoms with Crippen molar-refractivity contribution in [1.29, 1.82) is 0 Å². The van der Waals surface area contributed by atoms with Crippen LogP contribution in [0.4, 0.5) is 0 Å². The first-order valence-electron chi connectivity index (χ1n) is 4.92. The van der Waals surface area contributed by atoms with Gasteiger partial charge in [0.25, 0.3) is 0 Å². The minimum absolute atomic E-state index is 0.440. The summed E-state index contributed by atoms with van der Waals surface area (Å²) in [5, 5.41) is 0. The average molecular weight is 180 g/mol. The second kappa shape index (κ2) is 3.97. The van der Waals surface area contributed by atoms with E-state index in [1.807, 2.05) is 0 Å². The number of hydrogen-bond donors (Lipinski definition) is 1. The molecule has 0 saturated carbocycles. The fourth-order valence-electron chi connectivity index (χ4n) is 1.88. The van der Waals surface area contributed by atoms with Crippen molar-refractivity contribution in [2.45, 2.75) is 33.7 Å². The van der Waals surface area contributed by atoms with E-state index >= 15 is 0 Å². The Balaban J connectivity index is 3.03. The second-order valence-corrected chi connectivity index (χ2v) is 4.03. The van der Waals surface area contributed by atoms with E-state index < -0.39 is 0 Å². The highest BCUT2D eigenvalue weighted by Gasteiger charge is 2.15. The fourth-order valence-corrected chi connectivity index (χ4v) is 1.88. The first-order chi connectivity index (χ1) is 6.07. The molecule has 1 rings (SSSR count). The molecule has 0 bridgehead atoms. The number of hydrogen-bond acceptors (Lipinski definition) is 1. The fraction of sp³-hybridized carbons (Fsp3) is 0.636. The second-order valence-electron chi connectivity index (χ2n) is 4.03. The van der Waals surface area contributed by atoms with Gasteiger partial charge in [0.15, 0.2) is 0 Å². The van der Waals surface area contributed by atoms with Crippen LogP contribution in [-0.2, 0) is 0 Å². The van der Waals surface area contributed by atoms with E-state index in [2.05, 4.69) is 44.4 Å². The van der Waals surface area contributed by atoms with E-state index in [1.54, 1.807) is 0 Å². The van der Waals surface area contributed by atoms with Gasteiger partial charge in [0, 0.05) is 24.0 Å². The summed E-state index contributed by atoms with van der Waals surface area (Å²) >= 11 is 0. The maximum atomic E-state index is 5.78. The molecule has 0 spiro atoms. The lowest BCUT2D eigenvalue weighted by Crippen LogP contribution is -2.25. The molecule has 0 amide bonds. The number of aromatic nitrogens is 1. The molecule has 0 aromatic carbocycles. The molecule has 13 heavy (non-hydrogen) atoms. The van der Waals surface area contributed by atoms with Crippen LogP contribution in [0.15, 0.2) is 12.1 Å². The molecule has 2 N–H and O–H groups in total. The minimum Gasteiger partial charge on any atom is -0.345 e. The van der Waals surface area contributed by atoms with E-state index in [1.165, 1.54) is 11.4 Å². The zero-order valence-corrected chi connectivity index (χ0v) is 9.04. The van der Waals surface area contributed by atoms with E-state index in [4.69, 9.17) is 5.73 Å². The first kappa shape index (κ1) is 10.3. The molecule has 0 saturated heterocycles. The van der Waals surface area contributed by atoms with Crippen LogP contribution in [0.25, 0.3) is 0 Å². The van der Waals surface area contributed by atoms with Gasteiger partial charge in [-0.2, -0.15) is 0 Å². The van der Waals surface area contributed by atoms with Crippen LogP contribution >= 0.6 is 0 Å². The summed E-state index contributed by atoms with van der Waals surface area (Å²) in [6.45, 7) is 9.43. The predicted octanol–water partition coefficient (Wildman–Crippen LogP) is 2.26. The Morgan fingerprint density at radius 1 is 1.23 bits per heavy atom. The van der Waals surface area contributed by atoms with E-state index in [0.717, 1.165) is 0 Å². The summed E-state index contributed by atoms with van der Waals surface area (Å²) in [6.07, 6.45) is 0. The van der Waals surface area contributed by atoms with Crippen LogP contribution in [0, 0.1) is 19.8 Å². The highest BCUT2D eigenvalue weighted by atomic mass is 15.0. The number of aryl methyl sites for hydroxylation is 2. The molecule has 0 radical (unpaired) electrons. The normalized spacial score (nSPS) is 13.7. The SMILES string of the molecule is Cc1ccc(C)n1C(CN)C(C)C. The summed E-state index contributed by atoms with van der Waals surface area (Å²) in [7, 11) is 0. The maximum absolute atomic E-state index is 5.78. The van der Waals surface area contributed by atoms with Crippen LogP contribution in [-0.4, -0.2) is 11.1 Å². The van der Waals surface area contributed by atoms with Crippen LogP contribution in [0.3, 0.4) is 0 Å². The van der Waals surface area contributed by atoms with Gasteiger partial charge in [-0.05, 0) is 31.9 Å². The zero-order valence-electron chi connectivity index (χ0n) is 9.04. The predicted molar refractivity (Wildman–Crippen MR) is 56.8 cm³/mol. The third-order valence-corrected chi connectivity index (χ3v) is 2.67. The van der Waals surface area contributed by atoms with E-state index in [0.29, 0.717) is 18.5 Å². The van der Waals surface area contributed by atoms with Crippen LogP contribution in [0.1, 0.15) is 31.3 Å². The van der Waals surface area contributed by atoms with Gasteiger partial charge in [-0.25, -0.2) is 0 Å². The summed E-state index contributed by atoms with van der Waals surface area (Å²) in [4.78, 5) is 0. The van der Waals surface area contributed by atoms with Gasteiger partial charge in [-0.15, -0.1) is 0 Å². The van der Waals surface area contributed by atoms with Crippen molar-refractivity contribution >= 4 is 0 Å². The lowest BCUT2D eigenvalue weighted by atomic mass is 10.0. The molecule has 74 valence electrons. The Morgan fingerprint density at radius 3 is 2.00 bits per heavy atom. The highest BCUT2D eigenvalue weighted by molar-refractivity contribution is 5.15. The number of rotatable bonds is 3. The molecule has 1 atom stereocenters. The Labute approximate surface area is 80.7 Å². The van der Waals surface area contributed by atoms with Crippen LogP contribution in [0.2, 0.25) is 0 Å². The Morgan fingerprint density at radius 2 is 1.69 bits per heavy atom. The van der Waals surface area contributed by atoms with Crippen molar-refractivity contribution in [3.05, 3.63) is 23.5 Å². The molecule has 0 aliphatic heterocycles. The summed E-state index contributed by atoms with van der Waals surface area (Å²) in [6, 6.07) is 4.75. The minimum atomic E-state index is 0.440. The van der Waals surface area contributed by atoms with Crippen molar-refractivity contribution < 1.29 is 0 Å². The van der Waals surface area contributed by atoms with Gasteiger partial charge in [0.2, 0.25) is 0 Å². The molecular weight excluding hydrogens is 160 g/mol. The summed E-state index contributed by atoms with van der Waals surface area (Å²) in [5.41, 5.74) is 8.40. The van der Waals surface area contributed by atoms with Gasteiger partial charge < -0.3 is 10.3 Å². The molecule has 0 fully saturated rings. The Kier molecular flexibility index (Phi) is 3.15. The molecule has 1 heterocycles. The van der Waals surface area contributed by atoms with Crippen molar-refractivity contribution in [3.8, 4) is 0 Å². The van der Waals surface area contributed by atoms with Crippen molar-refractivity contribution in [1.82, 2.24) is 4.57 Å². The molecule has 1 aromatic heterocycles. The van der Waals surface area contributed by atoms with E-state index in [-0.39, 0.29) is 0 Å². The lowest BCUT2D eigenvalue weighted by Gasteiger charge is -2.24. The summed E-state index contributed by atoms with van der Waals surface area (Å²) < 4.78 is 2.34. The highest BCUT2D eigenvalue weighted by Crippen LogP contribution is 2.21. The monoisotopic (exact) mass is 180 g/mol. The van der Waals surface area contributed by atoms with E-state index in [9.17, 15) is 0 Å². The van der Waals surface area contributed by atoms with Crippen LogP contribution in [0.5, 0.6) is 0 Å². The Bertz CT molecular complexity index is 254. The molecule has 0 aliphatic rings. The average Bonchev–Trinajstić information content (AvgIpc) is 2.36. The topological polar surface area (TPSA) is 30.9 Å². The first-order valence-corrected chi connectivity index (χ1v) is 4.92. The molecular formula is C11H20N2. The lowest BCUT2D eigenvalue weighted by molar-refractivity contribution is 0.375. The number of nitrogens with two attached hydrogens (primary N) is 1. The van der Waals surface area contributed by atoms with Crippen molar-refractivity contribution in [2.75, 3.05) is 6.54 Å². The van der Waals surface area contributed by atoms with Gasteiger partial charge in [-0.3, -0.25) is 0 Å². The molecule has 0 aliphatic carbocycles. The zero-order chi connectivity index (χ0) is 10.0. The standard InChI is InChI=1S/C11H20N2/c1-8(2)11(7-12)13-9(3)5-6-10(13)4/h5-6,8,11H,7,12H2,1-4H3. The molecule has 2 nitrogen and oxygen atoms in total. The third kappa shape index (κ3) is 1.94. The van der Waals surface area contributed by atoms with Gasteiger partial charge in [-0.1, -0.05) is 13.8 Å². The maximum Gasteiger partial charge on any atom is 0.0480 e. The van der Waals surface area contributed by atoms with Crippen molar-refractivity contribution in [3.63, 3.8) is 0 Å². The number of nitrogens with zero attached hydrogens (tertiary/aromatic N) is 1. The molecule has 1 aromatic rings. The van der Waals surface area contributed by atoms with Crippen molar-refractivity contribution in [2.24, 2.45) is 11.7 Å². The quantitative estimate of drug-likeness (QED) is 0.760.